The molecule has 0 spiro atoms. The molecule has 16 heavy (non-hydrogen) atoms. The molecule has 1 saturated heterocycles. The summed E-state index contributed by atoms with van der Waals surface area (Å²) in [6.07, 6.45) is 1.27. The fourth-order valence-electron chi connectivity index (χ4n) is 2.16. The van der Waals surface area contributed by atoms with Crippen molar-refractivity contribution in [3.8, 4) is 0 Å². The lowest BCUT2D eigenvalue weighted by Gasteiger charge is -2.24. The average molecular weight is 226 g/mol. The number of rotatable bonds is 4. The van der Waals surface area contributed by atoms with E-state index in [-0.39, 0.29) is 5.41 Å². The minimum absolute atomic E-state index is 0.208. The Morgan fingerprint density at radius 2 is 2.06 bits per heavy atom. The highest BCUT2D eigenvalue weighted by atomic mass is 16.1. The minimum atomic E-state index is -0.208. The van der Waals surface area contributed by atoms with E-state index in [1.54, 1.807) is 0 Å². The monoisotopic (exact) mass is 226 g/mol. The molecule has 0 aromatic rings. The van der Waals surface area contributed by atoms with Gasteiger partial charge in [-0.1, -0.05) is 20.8 Å². The number of likely N-dealkylation sites (N-methyl/N-ethyl adjacent to an activating group) is 1. The highest BCUT2D eigenvalue weighted by Crippen LogP contribution is 2.17. The summed E-state index contributed by atoms with van der Waals surface area (Å²) in [5.74, 6) is 1.07. The first-order valence-electron chi connectivity index (χ1n) is 6.19. The van der Waals surface area contributed by atoms with Gasteiger partial charge in [-0.15, -0.1) is 0 Å². The van der Waals surface area contributed by atoms with E-state index < -0.39 is 0 Å². The first-order valence-corrected chi connectivity index (χ1v) is 6.19. The molecule has 0 N–H and O–H groups in total. The van der Waals surface area contributed by atoms with Crippen LogP contribution in [0.1, 0.15) is 27.2 Å². The van der Waals surface area contributed by atoms with Gasteiger partial charge < -0.3 is 4.90 Å². The predicted octanol–water partition coefficient (Wildman–Crippen LogP) is 1.49. The molecule has 1 rings (SSSR count). The Morgan fingerprint density at radius 3 is 2.50 bits per heavy atom. The number of hydrogen-bond acceptors (Lipinski definition) is 3. The van der Waals surface area contributed by atoms with Crippen molar-refractivity contribution in [2.45, 2.75) is 27.2 Å². The number of ketones is 1. The van der Waals surface area contributed by atoms with Gasteiger partial charge in [-0.05, 0) is 33.0 Å². The van der Waals surface area contributed by atoms with Crippen LogP contribution < -0.4 is 0 Å². The van der Waals surface area contributed by atoms with Gasteiger partial charge in [-0.25, -0.2) is 0 Å². The SMILES string of the molecule is CN1CCC(CN(C)CC(=O)C(C)(C)C)C1. The van der Waals surface area contributed by atoms with Crippen molar-refractivity contribution < 1.29 is 4.79 Å². The lowest BCUT2D eigenvalue weighted by Crippen LogP contribution is -2.36. The van der Waals surface area contributed by atoms with Crippen LogP contribution in [0.4, 0.5) is 0 Å². The first-order chi connectivity index (χ1) is 7.29. The zero-order chi connectivity index (χ0) is 12.3. The lowest BCUT2D eigenvalue weighted by molar-refractivity contribution is -0.127. The smallest absolute Gasteiger partial charge is 0.152 e. The molecule has 94 valence electrons. The normalized spacial score (nSPS) is 23.0. The predicted molar refractivity (Wildman–Crippen MR) is 67.6 cm³/mol. The zero-order valence-electron chi connectivity index (χ0n) is 11.4. The van der Waals surface area contributed by atoms with E-state index in [9.17, 15) is 4.79 Å². The van der Waals surface area contributed by atoms with Gasteiger partial charge in [0.1, 0.15) is 0 Å². The van der Waals surface area contributed by atoms with Crippen LogP contribution in [0.5, 0.6) is 0 Å². The van der Waals surface area contributed by atoms with Crippen LogP contribution in [0, 0.1) is 11.3 Å². The lowest BCUT2D eigenvalue weighted by atomic mass is 9.90. The van der Waals surface area contributed by atoms with Crippen molar-refractivity contribution in [3.05, 3.63) is 0 Å². The van der Waals surface area contributed by atoms with E-state index in [2.05, 4.69) is 23.9 Å². The second kappa shape index (κ2) is 5.28. The number of carbonyl (C=O) groups is 1. The summed E-state index contributed by atoms with van der Waals surface area (Å²) in [5.41, 5.74) is -0.208. The maximum absolute atomic E-state index is 11.9. The van der Waals surface area contributed by atoms with Crippen LogP contribution in [0.15, 0.2) is 0 Å². The van der Waals surface area contributed by atoms with Crippen molar-refractivity contribution in [2.75, 3.05) is 40.3 Å². The quantitative estimate of drug-likeness (QED) is 0.725. The Balaban J connectivity index is 2.31. The summed E-state index contributed by atoms with van der Waals surface area (Å²) in [4.78, 5) is 16.4. The van der Waals surface area contributed by atoms with E-state index in [4.69, 9.17) is 0 Å². The molecule has 1 aliphatic rings. The fraction of sp³-hybridized carbons (Fsp3) is 0.923. The zero-order valence-corrected chi connectivity index (χ0v) is 11.4. The number of hydrogen-bond donors (Lipinski definition) is 0. The van der Waals surface area contributed by atoms with Gasteiger partial charge in [-0.2, -0.15) is 0 Å². The van der Waals surface area contributed by atoms with E-state index in [1.807, 2.05) is 20.8 Å². The molecule has 0 amide bonds. The molecule has 0 saturated carbocycles. The second-order valence-electron chi connectivity index (χ2n) is 6.29. The van der Waals surface area contributed by atoms with Gasteiger partial charge in [0, 0.05) is 18.5 Å². The number of carbonyl (C=O) groups excluding carboxylic acids is 1. The van der Waals surface area contributed by atoms with Crippen molar-refractivity contribution in [1.29, 1.82) is 0 Å². The molecule has 1 unspecified atom stereocenters. The van der Waals surface area contributed by atoms with Crippen molar-refractivity contribution in [3.63, 3.8) is 0 Å². The van der Waals surface area contributed by atoms with Crippen molar-refractivity contribution >= 4 is 5.78 Å². The summed E-state index contributed by atoms with van der Waals surface area (Å²) < 4.78 is 0. The topological polar surface area (TPSA) is 23.6 Å². The molecule has 0 aliphatic carbocycles. The molecular weight excluding hydrogens is 200 g/mol. The van der Waals surface area contributed by atoms with Crippen LogP contribution in [0.25, 0.3) is 0 Å². The van der Waals surface area contributed by atoms with Crippen LogP contribution >= 0.6 is 0 Å². The molecule has 1 atom stereocenters. The third-order valence-corrected chi connectivity index (χ3v) is 3.31. The van der Waals surface area contributed by atoms with Crippen LogP contribution in [-0.4, -0.2) is 55.9 Å². The summed E-state index contributed by atoms with van der Waals surface area (Å²) in [6, 6.07) is 0. The summed E-state index contributed by atoms with van der Waals surface area (Å²) >= 11 is 0. The average Bonchev–Trinajstić information content (AvgIpc) is 2.49. The molecule has 0 radical (unpaired) electrons. The van der Waals surface area contributed by atoms with Crippen molar-refractivity contribution in [2.24, 2.45) is 11.3 Å². The van der Waals surface area contributed by atoms with E-state index in [1.165, 1.54) is 19.5 Å². The van der Waals surface area contributed by atoms with Gasteiger partial charge in [0.2, 0.25) is 0 Å². The summed E-state index contributed by atoms with van der Waals surface area (Å²) in [7, 11) is 4.22. The molecule has 1 fully saturated rings. The molecule has 3 heteroatoms. The molecule has 3 nitrogen and oxygen atoms in total. The molecule has 1 heterocycles. The molecule has 0 aromatic heterocycles. The van der Waals surface area contributed by atoms with E-state index in [0.29, 0.717) is 12.3 Å². The fourth-order valence-corrected chi connectivity index (χ4v) is 2.16. The Hall–Kier alpha value is -0.410. The maximum Gasteiger partial charge on any atom is 0.152 e. The van der Waals surface area contributed by atoms with Gasteiger partial charge in [0.15, 0.2) is 5.78 Å². The highest BCUT2D eigenvalue weighted by molar-refractivity contribution is 5.85. The van der Waals surface area contributed by atoms with Crippen LogP contribution in [0.2, 0.25) is 0 Å². The Kier molecular flexibility index (Phi) is 4.51. The van der Waals surface area contributed by atoms with Gasteiger partial charge in [0.25, 0.3) is 0 Å². The number of nitrogens with zero attached hydrogens (tertiary/aromatic N) is 2. The van der Waals surface area contributed by atoms with Gasteiger partial charge in [0.05, 0.1) is 6.54 Å². The third kappa shape index (κ3) is 4.22. The second-order valence-corrected chi connectivity index (χ2v) is 6.29. The third-order valence-electron chi connectivity index (χ3n) is 3.31. The van der Waals surface area contributed by atoms with E-state index in [0.717, 1.165) is 12.5 Å². The summed E-state index contributed by atoms with van der Waals surface area (Å²) in [5, 5.41) is 0. The summed E-state index contributed by atoms with van der Waals surface area (Å²) in [6.45, 7) is 9.99. The molecule has 0 bridgehead atoms. The highest BCUT2D eigenvalue weighted by Gasteiger charge is 2.25. The maximum atomic E-state index is 11.9. The number of likely N-dealkylation sites (tertiary alicyclic amines) is 1. The molecule has 0 aromatic carbocycles. The number of Topliss-reactive ketones (excluding diaryl/α,β-unsaturated/α-hetero) is 1. The Bertz CT molecular complexity index is 245. The van der Waals surface area contributed by atoms with E-state index >= 15 is 0 Å². The minimum Gasteiger partial charge on any atom is -0.306 e. The van der Waals surface area contributed by atoms with Crippen LogP contribution in [0.3, 0.4) is 0 Å². The van der Waals surface area contributed by atoms with Gasteiger partial charge in [-0.3, -0.25) is 9.69 Å². The molecular formula is C13H26N2O. The largest absolute Gasteiger partial charge is 0.306 e. The Labute approximate surface area is 99.8 Å². The van der Waals surface area contributed by atoms with Gasteiger partial charge >= 0.3 is 0 Å². The first kappa shape index (κ1) is 13.7. The molecule has 1 aliphatic heterocycles. The van der Waals surface area contributed by atoms with Crippen molar-refractivity contribution in [1.82, 2.24) is 9.80 Å². The van der Waals surface area contributed by atoms with Crippen LogP contribution in [-0.2, 0) is 4.79 Å². The standard InChI is InChI=1S/C13H26N2O/c1-13(2,3)12(16)10-15(5)9-11-6-7-14(4)8-11/h11H,6-10H2,1-5H3. The Morgan fingerprint density at radius 1 is 1.44 bits per heavy atom.